The molecule has 3 atom stereocenters. The van der Waals surface area contributed by atoms with Crippen LogP contribution in [0.3, 0.4) is 0 Å². The van der Waals surface area contributed by atoms with Crippen LogP contribution in [-0.2, 0) is 7.05 Å². The van der Waals surface area contributed by atoms with E-state index in [1.165, 1.54) is 19.3 Å². The molecule has 24 heavy (non-hydrogen) atoms. The van der Waals surface area contributed by atoms with E-state index in [4.69, 9.17) is 0 Å². The highest BCUT2D eigenvalue weighted by Crippen LogP contribution is 2.32. The van der Waals surface area contributed by atoms with E-state index in [9.17, 15) is 4.79 Å². The summed E-state index contributed by atoms with van der Waals surface area (Å²) < 4.78 is 1.84. The van der Waals surface area contributed by atoms with Crippen LogP contribution in [0.5, 0.6) is 0 Å². The quantitative estimate of drug-likeness (QED) is 0.872. The van der Waals surface area contributed by atoms with Gasteiger partial charge in [0.15, 0.2) is 5.69 Å². The van der Waals surface area contributed by atoms with Crippen LogP contribution in [0.4, 0.5) is 0 Å². The second-order valence-corrected chi connectivity index (χ2v) is 7.90. The minimum atomic E-state index is -0.00164. The zero-order valence-electron chi connectivity index (χ0n) is 15.0. The van der Waals surface area contributed by atoms with E-state index in [1.54, 1.807) is 0 Å². The van der Waals surface area contributed by atoms with Crippen LogP contribution >= 0.6 is 0 Å². The Kier molecular flexibility index (Phi) is 3.99. The number of hydrogen-bond acceptors (Lipinski definition) is 3. The molecule has 2 saturated heterocycles. The summed E-state index contributed by atoms with van der Waals surface area (Å²) in [5.41, 5.74) is 0.597. The van der Waals surface area contributed by atoms with Crippen LogP contribution in [-0.4, -0.2) is 45.8 Å². The molecule has 1 aromatic heterocycles. The monoisotopic (exact) mass is 328 g/mol. The van der Waals surface area contributed by atoms with Gasteiger partial charge in [-0.1, -0.05) is 25.5 Å². The normalized spacial score (nSPS) is 32.5. The molecule has 1 aliphatic carbocycles. The van der Waals surface area contributed by atoms with Crippen LogP contribution < -0.4 is 15.9 Å². The Morgan fingerprint density at radius 3 is 2.67 bits per heavy atom. The van der Waals surface area contributed by atoms with Gasteiger partial charge in [0.05, 0.1) is 5.35 Å². The first kappa shape index (κ1) is 15.9. The summed E-state index contributed by atoms with van der Waals surface area (Å²) in [5.74, 6) is 0.467. The standard InChI is InChI=1S/C19H28N4O/c1-12-7-8-17-16(9-12)18(21-23(17)3)19(24)20-13-10-14-5-4-6-15(11-13)22(14)2/h8-9,12-15H,4-7,10-11H2,1-3H3,(H,20,24). The summed E-state index contributed by atoms with van der Waals surface area (Å²) in [5, 5.41) is 9.90. The van der Waals surface area contributed by atoms with Crippen molar-refractivity contribution in [3.8, 4) is 0 Å². The Labute approximate surface area is 143 Å². The fourth-order valence-electron chi connectivity index (χ4n) is 4.76. The van der Waals surface area contributed by atoms with Gasteiger partial charge in [0.25, 0.3) is 5.91 Å². The molecular formula is C19H28N4O. The fraction of sp³-hybridized carbons (Fsp3) is 0.684. The SMILES string of the molecule is CC1C=c2c(C(=O)NC3CC4CCCC(C3)N4C)nn(C)c2=CC1. The average Bonchev–Trinajstić information content (AvgIpc) is 2.85. The largest absolute Gasteiger partial charge is 0.348 e. The summed E-state index contributed by atoms with van der Waals surface area (Å²) in [7, 11) is 4.17. The predicted molar refractivity (Wildman–Crippen MR) is 94.8 cm³/mol. The second-order valence-electron chi connectivity index (χ2n) is 7.90. The van der Waals surface area contributed by atoms with Crippen molar-refractivity contribution in [2.75, 3.05) is 7.05 Å². The van der Waals surface area contributed by atoms with Crippen LogP contribution in [0, 0.1) is 5.92 Å². The van der Waals surface area contributed by atoms with E-state index in [2.05, 4.69) is 41.4 Å². The van der Waals surface area contributed by atoms with Gasteiger partial charge in [-0.3, -0.25) is 9.48 Å². The van der Waals surface area contributed by atoms with E-state index in [0.29, 0.717) is 23.7 Å². The zero-order valence-corrected chi connectivity index (χ0v) is 15.0. The van der Waals surface area contributed by atoms with Crippen LogP contribution in [0.25, 0.3) is 12.2 Å². The summed E-state index contributed by atoms with van der Waals surface area (Å²) >= 11 is 0. The number of carbonyl (C=O) groups is 1. The number of piperidine rings is 2. The summed E-state index contributed by atoms with van der Waals surface area (Å²) in [4.78, 5) is 15.4. The molecule has 3 heterocycles. The number of rotatable bonds is 2. The van der Waals surface area contributed by atoms with Gasteiger partial charge in [-0.05, 0) is 45.1 Å². The van der Waals surface area contributed by atoms with E-state index < -0.39 is 0 Å². The first-order valence-electron chi connectivity index (χ1n) is 9.30. The molecule has 2 fully saturated rings. The van der Waals surface area contributed by atoms with Gasteiger partial charge < -0.3 is 10.2 Å². The van der Waals surface area contributed by atoms with E-state index >= 15 is 0 Å². The molecule has 5 heteroatoms. The highest BCUT2D eigenvalue weighted by Gasteiger charge is 2.36. The Morgan fingerprint density at radius 1 is 1.25 bits per heavy atom. The van der Waals surface area contributed by atoms with Crippen molar-refractivity contribution in [2.45, 2.75) is 63.6 Å². The molecule has 130 valence electrons. The van der Waals surface area contributed by atoms with Gasteiger partial charge in [0.1, 0.15) is 0 Å². The number of hydrogen-bond donors (Lipinski definition) is 1. The summed E-state index contributed by atoms with van der Waals surface area (Å²) in [6.45, 7) is 2.19. The smallest absolute Gasteiger partial charge is 0.272 e. The topological polar surface area (TPSA) is 50.2 Å². The molecule has 3 unspecified atom stereocenters. The van der Waals surface area contributed by atoms with Crippen LogP contribution in [0.15, 0.2) is 0 Å². The maximum Gasteiger partial charge on any atom is 0.272 e. The molecule has 0 radical (unpaired) electrons. The van der Waals surface area contributed by atoms with Crippen molar-refractivity contribution >= 4 is 18.1 Å². The van der Waals surface area contributed by atoms with Crippen molar-refractivity contribution in [1.82, 2.24) is 20.0 Å². The summed E-state index contributed by atoms with van der Waals surface area (Å²) in [6.07, 6.45) is 11.4. The molecule has 5 nitrogen and oxygen atoms in total. The lowest BCUT2D eigenvalue weighted by atomic mass is 9.82. The van der Waals surface area contributed by atoms with Gasteiger partial charge >= 0.3 is 0 Å². The molecule has 0 saturated carbocycles. The third kappa shape index (κ3) is 2.69. The first-order chi connectivity index (χ1) is 11.5. The third-order valence-corrected chi connectivity index (χ3v) is 6.15. The lowest BCUT2D eigenvalue weighted by molar-refractivity contribution is 0.0461. The highest BCUT2D eigenvalue weighted by molar-refractivity contribution is 5.93. The van der Waals surface area contributed by atoms with E-state index in [-0.39, 0.29) is 11.9 Å². The van der Waals surface area contributed by atoms with Crippen molar-refractivity contribution in [1.29, 1.82) is 0 Å². The molecule has 2 bridgehead atoms. The number of aryl methyl sites for hydroxylation is 1. The number of nitrogens with one attached hydrogen (secondary N) is 1. The van der Waals surface area contributed by atoms with Crippen molar-refractivity contribution < 1.29 is 4.79 Å². The predicted octanol–water partition coefficient (Wildman–Crippen LogP) is 0.766. The maximum atomic E-state index is 12.9. The van der Waals surface area contributed by atoms with Gasteiger partial charge in [-0.25, -0.2) is 0 Å². The Bertz CT molecular complexity index is 751. The minimum Gasteiger partial charge on any atom is -0.348 e. The fourth-order valence-corrected chi connectivity index (χ4v) is 4.76. The second kappa shape index (κ2) is 6.03. The number of fused-ring (bicyclic) bond motifs is 3. The zero-order chi connectivity index (χ0) is 16.8. The molecule has 0 aromatic carbocycles. The van der Waals surface area contributed by atoms with Crippen LogP contribution in [0.2, 0.25) is 0 Å². The van der Waals surface area contributed by atoms with Crippen molar-refractivity contribution in [3.63, 3.8) is 0 Å². The number of carbonyl (C=O) groups excluding carboxylic acids is 1. The van der Waals surface area contributed by atoms with E-state index in [0.717, 1.165) is 29.8 Å². The lowest BCUT2D eigenvalue weighted by Gasteiger charge is -2.47. The molecule has 3 aliphatic rings. The number of aromatic nitrogens is 2. The van der Waals surface area contributed by atoms with Gasteiger partial charge in [0, 0.05) is 30.4 Å². The molecule has 2 aliphatic heterocycles. The Morgan fingerprint density at radius 2 is 1.96 bits per heavy atom. The lowest BCUT2D eigenvalue weighted by Crippen LogP contribution is -2.55. The van der Waals surface area contributed by atoms with Gasteiger partial charge in [0.2, 0.25) is 0 Å². The van der Waals surface area contributed by atoms with E-state index in [1.807, 2.05) is 11.7 Å². The van der Waals surface area contributed by atoms with Gasteiger partial charge in [-0.15, -0.1) is 0 Å². The third-order valence-electron chi connectivity index (χ3n) is 6.15. The number of nitrogens with zero attached hydrogens (tertiary/aromatic N) is 3. The van der Waals surface area contributed by atoms with Crippen molar-refractivity contribution in [2.24, 2.45) is 13.0 Å². The molecular weight excluding hydrogens is 300 g/mol. The molecule has 1 amide bonds. The molecule has 4 rings (SSSR count). The molecule has 1 aromatic rings. The summed E-state index contributed by atoms with van der Waals surface area (Å²) in [6, 6.07) is 1.53. The first-order valence-corrected chi connectivity index (χ1v) is 9.30. The highest BCUT2D eigenvalue weighted by atomic mass is 16.2. The average molecular weight is 328 g/mol. The number of amides is 1. The van der Waals surface area contributed by atoms with Crippen molar-refractivity contribution in [3.05, 3.63) is 16.3 Å². The maximum absolute atomic E-state index is 12.9. The Balaban J connectivity index is 1.55. The van der Waals surface area contributed by atoms with Crippen LogP contribution in [0.1, 0.15) is 55.9 Å². The Hall–Kier alpha value is -1.62. The van der Waals surface area contributed by atoms with Gasteiger partial charge in [-0.2, -0.15) is 5.10 Å². The minimum absolute atomic E-state index is 0.00164. The molecule has 1 N–H and O–H groups in total. The molecule has 0 spiro atoms.